The Morgan fingerprint density at radius 2 is 2.11 bits per heavy atom. The lowest BCUT2D eigenvalue weighted by molar-refractivity contribution is -0.129. The number of benzene rings is 1. The molecule has 2 aromatic rings. The SMILES string of the molecule is O=C(Cc1nc(-c2cc(F)cc(Br)c2)no1)C(F)F. The van der Waals surface area contributed by atoms with Gasteiger partial charge in [-0.05, 0) is 18.2 Å². The van der Waals surface area contributed by atoms with Crippen molar-refractivity contribution in [3.8, 4) is 11.4 Å². The average molecular weight is 335 g/mol. The first kappa shape index (κ1) is 13.7. The van der Waals surface area contributed by atoms with E-state index in [4.69, 9.17) is 0 Å². The molecular weight excluding hydrogens is 329 g/mol. The topological polar surface area (TPSA) is 56.0 Å². The number of hydrogen-bond donors (Lipinski definition) is 0. The van der Waals surface area contributed by atoms with Crippen LogP contribution in [0.1, 0.15) is 5.89 Å². The fourth-order valence-corrected chi connectivity index (χ4v) is 1.82. The number of ketones is 1. The quantitative estimate of drug-likeness (QED) is 0.862. The Labute approximate surface area is 113 Å². The number of carbonyl (C=O) groups is 1. The van der Waals surface area contributed by atoms with Crippen molar-refractivity contribution in [1.29, 1.82) is 0 Å². The van der Waals surface area contributed by atoms with Crippen LogP contribution in [0.15, 0.2) is 27.2 Å². The third kappa shape index (κ3) is 3.40. The highest BCUT2D eigenvalue weighted by atomic mass is 79.9. The molecule has 0 atom stereocenters. The summed E-state index contributed by atoms with van der Waals surface area (Å²) in [7, 11) is 0. The van der Waals surface area contributed by atoms with Crippen LogP contribution in [0.2, 0.25) is 0 Å². The Hall–Kier alpha value is -1.70. The average Bonchev–Trinajstić information content (AvgIpc) is 2.76. The molecule has 1 aromatic carbocycles. The summed E-state index contributed by atoms with van der Waals surface area (Å²) in [6.07, 6.45) is -3.74. The van der Waals surface area contributed by atoms with Crippen molar-refractivity contribution in [2.45, 2.75) is 12.8 Å². The maximum absolute atomic E-state index is 13.2. The molecular formula is C11H6BrF3N2O2. The Morgan fingerprint density at radius 3 is 2.74 bits per heavy atom. The molecule has 19 heavy (non-hydrogen) atoms. The second-order valence-electron chi connectivity index (χ2n) is 3.61. The molecule has 0 radical (unpaired) electrons. The first-order chi connectivity index (χ1) is 8.95. The maximum atomic E-state index is 13.2. The molecule has 0 aliphatic heterocycles. The Morgan fingerprint density at radius 1 is 1.37 bits per heavy atom. The van der Waals surface area contributed by atoms with Gasteiger partial charge < -0.3 is 4.52 Å². The number of Topliss-reactive ketones (excluding diaryl/α,β-unsaturated/α-hetero) is 1. The highest BCUT2D eigenvalue weighted by molar-refractivity contribution is 9.10. The van der Waals surface area contributed by atoms with Gasteiger partial charge in [0.1, 0.15) is 5.82 Å². The monoisotopic (exact) mass is 334 g/mol. The number of hydrogen-bond acceptors (Lipinski definition) is 4. The van der Waals surface area contributed by atoms with Crippen molar-refractivity contribution >= 4 is 21.7 Å². The van der Waals surface area contributed by atoms with E-state index in [1.165, 1.54) is 12.1 Å². The summed E-state index contributed by atoms with van der Waals surface area (Å²) in [4.78, 5) is 14.6. The van der Waals surface area contributed by atoms with Crippen molar-refractivity contribution in [3.63, 3.8) is 0 Å². The van der Waals surface area contributed by atoms with Crippen LogP contribution in [0.25, 0.3) is 11.4 Å². The number of aromatic nitrogens is 2. The molecule has 4 nitrogen and oxygen atoms in total. The highest BCUT2D eigenvalue weighted by Crippen LogP contribution is 2.22. The van der Waals surface area contributed by atoms with Crippen molar-refractivity contribution in [2.24, 2.45) is 0 Å². The molecule has 1 aromatic heterocycles. The van der Waals surface area contributed by atoms with E-state index in [0.29, 0.717) is 10.0 Å². The van der Waals surface area contributed by atoms with Crippen molar-refractivity contribution in [2.75, 3.05) is 0 Å². The van der Waals surface area contributed by atoms with Gasteiger partial charge in [-0.1, -0.05) is 21.1 Å². The summed E-state index contributed by atoms with van der Waals surface area (Å²) >= 11 is 3.10. The molecule has 0 bridgehead atoms. The molecule has 8 heteroatoms. The Balaban J connectivity index is 2.23. The number of rotatable bonds is 4. The fraction of sp³-hybridized carbons (Fsp3) is 0.182. The second kappa shape index (κ2) is 5.52. The minimum absolute atomic E-state index is 0.0252. The van der Waals surface area contributed by atoms with Gasteiger partial charge in [0.15, 0.2) is 0 Å². The van der Waals surface area contributed by atoms with E-state index >= 15 is 0 Å². The predicted molar refractivity (Wildman–Crippen MR) is 62.1 cm³/mol. The van der Waals surface area contributed by atoms with E-state index in [1.807, 2.05) is 0 Å². The standard InChI is InChI=1S/C11H6BrF3N2O2/c12-6-1-5(2-7(13)3-6)11-16-9(19-17-11)4-8(18)10(14)15/h1-3,10H,4H2. The zero-order valence-corrected chi connectivity index (χ0v) is 10.8. The summed E-state index contributed by atoms with van der Waals surface area (Å²) in [5.74, 6) is -2.03. The molecule has 0 aliphatic carbocycles. The minimum Gasteiger partial charge on any atom is -0.338 e. The molecule has 1 heterocycles. The first-order valence-corrected chi connectivity index (χ1v) is 5.85. The highest BCUT2D eigenvalue weighted by Gasteiger charge is 2.20. The summed E-state index contributed by atoms with van der Waals surface area (Å²) in [6.45, 7) is 0. The molecule has 0 fully saturated rings. The summed E-state index contributed by atoms with van der Waals surface area (Å²) in [5.41, 5.74) is 0.311. The zero-order valence-electron chi connectivity index (χ0n) is 9.24. The summed E-state index contributed by atoms with van der Waals surface area (Å²) in [6, 6.07) is 3.94. The van der Waals surface area contributed by atoms with E-state index in [0.717, 1.165) is 6.07 Å². The molecule has 0 spiro atoms. The van der Waals surface area contributed by atoms with Crippen LogP contribution in [0, 0.1) is 5.82 Å². The fourth-order valence-electron chi connectivity index (χ4n) is 1.35. The van der Waals surface area contributed by atoms with Crippen molar-refractivity contribution in [3.05, 3.63) is 34.4 Å². The first-order valence-electron chi connectivity index (χ1n) is 5.05. The molecule has 0 N–H and O–H groups in total. The van der Waals surface area contributed by atoms with E-state index in [2.05, 4.69) is 30.6 Å². The lowest BCUT2D eigenvalue weighted by atomic mass is 10.2. The van der Waals surface area contributed by atoms with Gasteiger partial charge >= 0.3 is 0 Å². The van der Waals surface area contributed by atoms with Gasteiger partial charge in [-0.25, -0.2) is 13.2 Å². The van der Waals surface area contributed by atoms with E-state index in [1.54, 1.807) is 0 Å². The normalized spacial score (nSPS) is 11.0. The molecule has 0 saturated carbocycles. The predicted octanol–water partition coefficient (Wildman–Crippen LogP) is 3.01. The summed E-state index contributed by atoms with van der Waals surface area (Å²) < 4.78 is 42.4. The smallest absolute Gasteiger partial charge is 0.296 e. The zero-order chi connectivity index (χ0) is 14.0. The van der Waals surface area contributed by atoms with E-state index in [-0.39, 0.29) is 11.7 Å². The van der Waals surface area contributed by atoms with Gasteiger partial charge in [-0.3, -0.25) is 4.79 Å². The number of alkyl halides is 2. The van der Waals surface area contributed by atoms with E-state index in [9.17, 15) is 18.0 Å². The second-order valence-corrected chi connectivity index (χ2v) is 4.53. The van der Waals surface area contributed by atoms with Crippen LogP contribution in [-0.4, -0.2) is 22.3 Å². The molecule has 0 unspecified atom stereocenters. The largest absolute Gasteiger partial charge is 0.338 e. The number of halogens is 4. The number of nitrogens with zero attached hydrogens (tertiary/aromatic N) is 2. The molecule has 2 rings (SSSR count). The molecule has 0 aliphatic rings. The van der Waals surface area contributed by atoms with Crippen LogP contribution < -0.4 is 0 Å². The van der Waals surface area contributed by atoms with Crippen molar-refractivity contribution < 1.29 is 22.5 Å². The molecule has 0 amide bonds. The maximum Gasteiger partial charge on any atom is 0.296 e. The molecule has 100 valence electrons. The van der Waals surface area contributed by atoms with Gasteiger partial charge in [0.05, 0.1) is 6.42 Å². The lowest BCUT2D eigenvalue weighted by Gasteiger charge is -1.96. The van der Waals surface area contributed by atoms with Crippen LogP contribution in [0.5, 0.6) is 0 Å². The third-order valence-corrected chi connectivity index (χ3v) is 2.62. The van der Waals surface area contributed by atoms with Crippen LogP contribution in [0.4, 0.5) is 13.2 Å². The van der Waals surface area contributed by atoms with Crippen LogP contribution in [0.3, 0.4) is 0 Å². The lowest BCUT2D eigenvalue weighted by Crippen LogP contribution is -2.12. The summed E-state index contributed by atoms with van der Waals surface area (Å²) in [5, 5.41) is 3.51. The Bertz CT molecular complexity index is 595. The van der Waals surface area contributed by atoms with Gasteiger partial charge in [0.25, 0.3) is 6.43 Å². The van der Waals surface area contributed by atoms with Crippen molar-refractivity contribution in [1.82, 2.24) is 10.1 Å². The van der Waals surface area contributed by atoms with Gasteiger partial charge in [-0.15, -0.1) is 0 Å². The van der Waals surface area contributed by atoms with E-state index < -0.39 is 24.4 Å². The number of carbonyl (C=O) groups excluding carboxylic acids is 1. The van der Waals surface area contributed by atoms with Crippen LogP contribution >= 0.6 is 15.9 Å². The molecule has 0 saturated heterocycles. The third-order valence-electron chi connectivity index (χ3n) is 2.16. The van der Waals surface area contributed by atoms with Crippen LogP contribution in [-0.2, 0) is 11.2 Å². The van der Waals surface area contributed by atoms with Gasteiger partial charge in [0, 0.05) is 10.0 Å². The van der Waals surface area contributed by atoms with Gasteiger partial charge in [-0.2, -0.15) is 4.98 Å². The minimum atomic E-state index is -3.08. The Kier molecular flexibility index (Phi) is 3.98. The van der Waals surface area contributed by atoms with Gasteiger partial charge in [0.2, 0.25) is 17.5 Å².